The number of nitrogens with zero attached hydrogens (tertiary/aromatic N) is 8. The average Bonchev–Trinajstić information content (AvgIpc) is 1.51. The fraction of sp³-hybridized carbons (Fsp3) is 0.576. The Bertz CT molecular complexity index is 3960. The summed E-state index contributed by atoms with van der Waals surface area (Å²) in [5.74, 6) is -1.97. The number of nitrogens with one attached hydrogen (secondary N) is 1. The number of rotatable bonds is 54. The Morgan fingerprint density at radius 1 is 0.588 bits per heavy atom. The number of anilines is 1. The second-order valence-corrected chi connectivity index (χ2v) is 28.4. The lowest BCUT2D eigenvalue weighted by Crippen LogP contribution is -2.37. The van der Waals surface area contributed by atoms with Crippen LogP contribution in [0.25, 0.3) is 33.6 Å². The molecule has 1 N–H and O–H groups in total. The first-order valence-electron chi connectivity index (χ1n) is 40.5. The lowest BCUT2D eigenvalue weighted by molar-refractivity contribution is -0.150. The highest BCUT2D eigenvalue weighted by atomic mass is 16.6. The molecule has 620 valence electrons. The molecule has 2 aromatic heterocycles. The van der Waals surface area contributed by atoms with E-state index in [4.69, 9.17) is 57.1 Å². The van der Waals surface area contributed by atoms with Gasteiger partial charge >= 0.3 is 5.97 Å². The monoisotopic (exact) mass is 1580 g/mol. The van der Waals surface area contributed by atoms with Gasteiger partial charge in [-0.05, 0) is 106 Å². The van der Waals surface area contributed by atoms with Crippen molar-refractivity contribution in [1.29, 1.82) is 0 Å². The molecule has 4 aliphatic rings. The fourth-order valence-electron chi connectivity index (χ4n) is 14.0. The summed E-state index contributed by atoms with van der Waals surface area (Å²) in [6.07, 6.45) is 10.3. The molecule has 0 radical (unpaired) electrons. The Hall–Kier alpha value is -8.88. The van der Waals surface area contributed by atoms with Gasteiger partial charge in [-0.2, -0.15) is 0 Å². The maximum Gasteiger partial charge on any atom is 0.306 e. The van der Waals surface area contributed by atoms with Gasteiger partial charge in [0.05, 0.1) is 143 Å². The van der Waals surface area contributed by atoms with Crippen molar-refractivity contribution in [2.75, 3.05) is 170 Å². The summed E-state index contributed by atoms with van der Waals surface area (Å²) in [7, 11) is 0. The van der Waals surface area contributed by atoms with Gasteiger partial charge in [0.1, 0.15) is 17.6 Å². The van der Waals surface area contributed by atoms with Gasteiger partial charge in [0.25, 0.3) is 11.8 Å². The maximum absolute atomic E-state index is 14.0. The van der Waals surface area contributed by atoms with E-state index >= 15 is 0 Å². The second-order valence-electron chi connectivity index (χ2n) is 28.4. The van der Waals surface area contributed by atoms with Crippen molar-refractivity contribution in [3.05, 3.63) is 119 Å². The van der Waals surface area contributed by atoms with Crippen molar-refractivity contribution < 1.29 is 95.3 Å². The number of pyridine rings is 1. The molecule has 1 aliphatic carbocycles. The summed E-state index contributed by atoms with van der Waals surface area (Å²) in [6.45, 7) is 16.1. The quantitative estimate of drug-likeness (QED) is 0.0218. The number of likely N-dealkylation sites (tertiary alicyclic amines) is 1. The number of aryl methyl sites for hydroxylation is 2. The van der Waals surface area contributed by atoms with Crippen molar-refractivity contribution in [3.63, 3.8) is 0 Å². The molecular formula is C85H115N9O20. The molecular weight excluding hydrogens is 1470 g/mol. The number of ketones is 1. The number of aromatic nitrogens is 4. The highest BCUT2D eigenvalue weighted by Gasteiger charge is 2.36. The third kappa shape index (κ3) is 28.2. The van der Waals surface area contributed by atoms with Gasteiger partial charge in [0.2, 0.25) is 29.5 Å². The van der Waals surface area contributed by atoms with Gasteiger partial charge in [-0.15, -0.1) is 5.10 Å². The molecule has 114 heavy (non-hydrogen) atoms. The summed E-state index contributed by atoms with van der Waals surface area (Å²) in [5.41, 5.74) is 12.3. The molecule has 29 nitrogen and oxygen atoms in total. The zero-order valence-electron chi connectivity index (χ0n) is 66.9. The van der Waals surface area contributed by atoms with Crippen LogP contribution in [0.4, 0.5) is 5.69 Å². The summed E-state index contributed by atoms with van der Waals surface area (Å²) in [4.78, 5) is 125. The number of esters is 1. The van der Waals surface area contributed by atoms with Gasteiger partial charge in [0, 0.05) is 137 Å². The number of imide groups is 2. The zero-order valence-corrected chi connectivity index (χ0v) is 66.9. The van der Waals surface area contributed by atoms with Crippen molar-refractivity contribution in [2.45, 2.75) is 150 Å². The standard InChI is InChI=1S/C85H115N9O20/c1-5-65-59-80(100)92(85(65)103)35-31-76(96)86-33-41-107-47-53-113-57-56-112-52-46-106-40-32-77(97)90(36-42-108-48-54-110-50-44-104-38-12-15-68(95)26-29-78(98)93-61-67-14-7-8-17-71(67)82-83(94(6-2)89-88-82)73-18-9-10-20-75(73)93)37-43-109-49-55-111-51-45-105-39-13-21-81(101)114-69-16-11-19-72-70(28-27-69)63(4)87-60-74(72)66-24-22-64(23-25-66)30-34-91-79(99)58-62(3)84(91)102/h7-10,14,17-18,20,22-25,59-60,62,69H,5-6,11-13,15-16,19,21,26-58,61H2,1-4H3,(H,86,96)/t62?,69-/m0/s1. The van der Waals surface area contributed by atoms with E-state index in [1.807, 2.05) is 73.3 Å². The molecule has 29 heteroatoms. The molecule has 3 aromatic carbocycles. The smallest absolute Gasteiger partial charge is 0.306 e. The van der Waals surface area contributed by atoms with Crippen LogP contribution in [-0.4, -0.2) is 259 Å². The molecule has 0 spiro atoms. The van der Waals surface area contributed by atoms with Crippen molar-refractivity contribution in [1.82, 2.24) is 40.0 Å². The van der Waals surface area contributed by atoms with Crippen LogP contribution >= 0.6 is 0 Å². The van der Waals surface area contributed by atoms with Crippen LogP contribution in [0.3, 0.4) is 0 Å². The highest BCUT2D eigenvalue weighted by Crippen LogP contribution is 2.42. The minimum absolute atomic E-state index is 0.00692. The SMILES string of the molecule is CCC1=CC(=O)N(CCC(=O)NCCOCCOCCOCCOCCC(=O)N(CCOCCOCCOCCCC(=O)CCC(=O)N2Cc3ccccc3-c3nnn(CC)c3-c3ccccc32)CCOCCOCCOCCCC(=O)O[C@H]2CCCc3c(-c4ccc(CCN5C(=O)CC(C)C5=O)cc4)cnc(C)c3CC2)C1=O. The summed E-state index contributed by atoms with van der Waals surface area (Å²) >= 11 is 0. The summed E-state index contributed by atoms with van der Waals surface area (Å²) in [6, 6.07) is 24.0. The highest BCUT2D eigenvalue weighted by molar-refractivity contribution is 6.16. The van der Waals surface area contributed by atoms with Crippen molar-refractivity contribution >= 4 is 58.8 Å². The van der Waals surface area contributed by atoms with Gasteiger partial charge in [-0.1, -0.05) is 85.8 Å². The number of carbonyl (C=O) groups is 9. The molecule has 2 atom stereocenters. The fourth-order valence-corrected chi connectivity index (χ4v) is 14.0. The number of ether oxygens (including phenoxy) is 11. The topological polar surface area (TPSA) is 324 Å². The first-order valence-corrected chi connectivity index (χ1v) is 40.5. The van der Waals surface area contributed by atoms with E-state index in [0.717, 1.165) is 86.7 Å². The lowest BCUT2D eigenvalue weighted by Gasteiger charge is -2.28. The molecule has 1 saturated heterocycles. The predicted octanol–water partition coefficient (Wildman–Crippen LogP) is 8.17. The third-order valence-electron chi connectivity index (χ3n) is 20.3. The minimum atomic E-state index is -0.391. The number of hydrogen-bond acceptors (Lipinski definition) is 23. The molecule has 0 bridgehead atoms. The molecule has 7 amide bonds. The number of fused-ring (bicyclic) bond motifs is 6. The summed E-state index contributed by atoms with van der Waals surface area (Å²) < 4.78 is 65.0. The molecule has 0 saturated carbocycles. The number of amides is 7. The molecule has 1 unspecified atom stereocenters. The predicted molar refractivity (Wildman–Crippen MR) is 422 cm³/mol. The molecule has 3 aliphatic heterocycles. The molecule has 1 fully saturated rings. The van der Waals surface area contributed by atoms with Crippen LogP contribution in [0.2, 0.25) is 0 Å². The number of benzene rings is 3. The first-order chi connectivity index (χ1) is 55.6. The minimum Gasteiger partial charge on any atom is -0.462 e. The number of para-hydroxylation sites is 1. The van der Waals surface area contributed by atoms with Crippen LogP contribution in [-0.2, 0) is 128 Å². The zero-order chi connectivity index (χ0) is 80.7. The van der Waals surface area contributed by atoms with Gasteiger partial charge in [0.15, 0.2) is 0 Å². The Morgan fingerprint density at radius 2 is 1.19 bits per heavy atom. The van der Waals surface area contributed by atoms with Crippen LogP contribution < -0.4 is 10.2 Å². The van der Waals surface area contributed by atoms with Crippen molar-refractivity contribution in [2.24, 2.45) is 5.92 Å². The molecule has 5 heterocycles. The lowest BCUT2D eigenvalue weighted by atomic mass is 9.86. The first kappa shape index (κ1) is 89.1. The van der Waals surface area contributed by atoms with Crippen LogP contribution in [0.1, 0.15) is 132 Å². The number of Topliss-reactive ketones (excluding diaryl/α,β-unsaturated/α-hetero) is 1. The van der Waals surface area contributed by atoms with Gasteiger partial charge in [-0.3, -0.25) is 57.9 Å². The average molecular weight is 1580 g/mol. The number of hydrogen-bond donors (Lipinski definition) is 1. The van der Waals surface area contributed by atoms with E-state index < -0.39 is 5.91 Å². The van der Waals surface area contributed by atoms with E-state index in [0.29, 0.717) is 176 Å². The van der Waals surface area contributed by atoms with Crippen LogP contribution in [0, 0.1) is 12.8 Å². The Labute approximate surface area is 668 Å². The van der Waals surface area contributed by atoms with Crippen molar-refractivity contribution in [3.8, 4) is 33.6 Å². The van der Waals surface area contributed by atoms with Gasteiger partial charge in [-0.25, -0.2) is 4.68 Å². The number of carbonyl (C=O) groups excluding carboxylic acids is 9. The van der Waals surface area contributed by atoms with E-state index in [2.05, 4.69) is 39.9 Å². The largest absolute Gasteiger partial charge is 0.462 e. The van der Waals surface area contributed by atoms with E-state index in [-0.39, 0.29) is 144 Å². The Kier molecular flexibility index (Phi) is 38.4. The maximum atomic E-state index is 14.0. The van der Waals surface area contributed by atoms with E-state index in [1.165, 1.54) is 22.1 Å². The van der Waals surface area contributed by atoms with Crippen LogP contribution in [0.5, 0.6) is 0 Å². The second kappa shape index (κ2) is 49.1. The normalized spacial score (nSPS) is 15.4. The van der Waals surface area contributed by atoms with E-state index in [1.54, 1.807) is 23.6 Å². The summed E-state index contributed by atoms with van der Waals surface area (Å²) in [5, 5.41) is 11.7. The van der Waals surface area contributed by atoms with Gasteiger partial charge < -0.3 is 67.2 Å². The molecule has 9 rings (SSSR count). The van der Waals surface area contributed by atoms with Crippen LogP contribution in [0.15, 0.2) is 90.6 Å². The Morgan fingerprint density at radius 3 is 1.82 bits per heavy atom. The van der Waals surface area contributed by atoms with E-state index in [9.17, 15) is 43.2 Å². The molecule has 5 aromatic rings. The Balaban J connectivity index is 0.597. The third-order valence-corrected chi connectivity index (χ3v) is 20.3.